The fourth-order valence-corrected chi connectivity index (χ4v) is 2.80. The number of aromatic nitrogens is 2. The number of hydrogen-bond acceptors (Lipinski definition) is 3. The molecule has 0 atom stereocenters. The van der Waals surface area contributed by atoms with Gasteiger partial charge in [0, 0.05) is 11.6 Å². The van der Waals surface area contributed by atoms with Crippen LogP contribution in [-0.4, -0.2) is 22.3 Å². The van der Waals surface area contributed by atoms with Gasteiger partial charge in [-0.3, -0.25) is 4.79 Å². The topological polar surface area (TPSA) is 56.1 Å². The van der Waals surface area contributed by atoms with Crippen LogP contribution in [0.15, 0.2) is 42.5 Å². The van der Waals surface area contributed by atoms with Gasteiger partial charge in [0.05, 0.1) is 11.4 Å². The Labute approximate surface area is 154 Å². The fourth-order valence-electron chi connectivity index (χ4n) is 2.80. The van der Waals surface area contributed by atoms with Crippen molar-refractivity contribution in [2.75, 3.05) is 11.9 Å². The number of hydrogen-bond donors (Lipinski definition) is 1. The molecule has 5 nitrogen and oxygen atoms in total. The molecule has 0 spiro atoms. The van der Waals surface area contributed by atoms with Gasteiger partial charge in [-0.15, -0.1) is 0 Å². The zero-order valence-corrected chi connectivity index (χ0v) is 13.8. The largest absolute Gasteiger partial charge is 0.482 e. The van der Waals surface area contributed by atoms with Crippen molar-refractivity contribution in [3.63, 3.8) is 0 Å². The Morgan fingerprint density at radius 1 is 1.07 bits per heavy atom. The highest BCUT2D eigenvalue weighted by Gasteiger charge is 2.35. The molecule has 144 valence electrons. The van der Waals surface area contributed by atoms with Crippen molar-refractivity contribution in [2.45, 2.75) is 6.18 Å². The number of benzene rings is 2. The molecule has 0 aliphatic carbocycles. The minimum absolute atomic E-state index is 0.0968. The van der Waals surface area contributed by atoms with E-state index in [0.29, 0.717) is 11.8 Å². The number of nitrogens with one attached hydrogen (secondary N) is 1. The first-order chi connectivity index (χ1) is 13.2. The maximum atomic E-state index is 14.2. The Kier molecular flexibility index (Phi) is 4.06. The molecule has 0 bridgehead atoms. The van der Waals surface area contributed by atoms with Crippen LogP contribution in [0.1, 0.15) is 5.69 Å². The number of halogens is 5. The lowest BCUT2D eigenvalue weighted by atomic mass is 10.1. The van der Waals surface area contributed by atoms with Crippen LogP contribution in [0.5, 0.6) is 5.75 Å². The van der Waals surface area contributed by atoms with E-state index in [0.717, 1.165) is 22.9 Å². The second-order valence-corrected chi connectivity index (χ2v) is 5.97. The monoisotopic (exact) mass is 395 g/mol. The van der Waals surface area contributed by atoms with E-state index in [1.54, 1.807) is 0 Å². The third-order valence-electron chi connectivity index (χ3n) is 4.05. The minimum Gasteiger partial charge on any atom is -0.482 e. The Morgan fingerprint density at radius 2 is 1.86 bits per heavy atom. The number of nitrogens with zero attached hydrogens (tertiary/aromatic N) is 2. The molecule has 10 heteroatoms. The van der Waals surface area contributed by atoms with Gasteiger partial charge in [-0.2, -0.15) is 18.3 Å². The molecule has 28 heavy (non-hydrogen) atoms. The van der Waals surface area contributed by atoms with Crippen LogP contribution in [0, 0.1) is 11.6 Å². The summed E-state index contributed by atoms with van der Waals surface area (Å²) in [7, 11) is 0. The molecule has 1 aliphatic rings. The number of carbonyl (C=O) groups is 1. The number of amides is 1. The number of fused-ring (bicyclic) bond motifs is 1. The summed E-state index contributed by atoms with van der Waals surface area (Å²) in [5.41, 5.74) is -1.22. The van der Waals surface area contributed by atoms with Gasteiger partial charge >= 0.3 is 6.18 Å². The smallest absolute Gasteiger partial charge is 0.435 e. The quantitative estimate of drug-likeness (QED) is 0.663. The summed E-state index contributed by atoms with van der Waals surface area (Å²) in [6.07, 6.45) is -4.78. The Morgan fingerprint density at radius 3 is 2.57 bits per heavy atom. The van der Waals surface area contributed by atoms with Crippen molar-refractivity contribution in [1.29, 1.82) is 0 Å². The molecule has 1 aromatic heterocycles. The van der Waals surface area contributed by atoms with Gasteiger partial charge in [-0.25, -0.2) is 13.5 Å². The van der Waals surface area contributed by atoms with Gasteiger partial charge in [-0.1, -0.05) is 0 Å². The molecular weight excluding hydrogens is 385 g/mol. The van der Waals surface area contributed by atoms with Gasteiger partial charge in [0.25, 0.3) is 5.91 Å². The van der Waals surface area contributed by atoms with Crippen molar-refractivity contribution in [3.05, 3.63) is 59.8 Å². The van der Waals surface area contributed by atoms with Crippen LogP contribution < -0.4 is 10.1 Å². The van der Waals surface area contributed by atoms with E-state index in [-0.39, 0.29) is 29.2 Å². The average molecular weight is 395 g/mol. The molecular formula is C18H10F5N3O2. The summed E-state index contributed by atoms with van der Waals surface area (Å²) in [4.78, 5) is 11.5. The number of carbonyl (C=O) groups excluding carboxylic acids is 1. The first-order valence-corrected chi connectivity index (χ1v) is 7.92. The van der Waals surface area contributed by atoms with E-state index in [4.69, 9.17) is 4.74 Å². The lowest BCUT2D eigenvalue weighted by Crippen LogP contribution is -2.25. The lowest BCUT2D eigenvalue weighted by molar-refractivity contribution is -0.141. The molecule has 0 radical (unpaired) electrons. The highest BCUT2D eigenvalue weighted by atomic mass is 19.4. The zero-order chi connectivity index (χ0) is 20.1. The van der Waals surface area contributed by atoms with Gasteiger partial charge < -0.3 is 10.1 Å². The SMILES string of the molecule is O=C1COc2ccc(-c3cc(C(F)(F)F)nn3-c3ccc(F)cc3F)cc2N1. The molecule has 0 saturated carbocycles. The standard InChI is InChI=1S/C18H10F5N3O2/c19-10-2-3-13(11(20)6-10)26-14(7-16(25-26)18(21,22)23)9-1-4-15-12(5-9)24-17(27)8-28-15/h1-7H,8H2,(H,24,27). The predicted molar refractivity (Wildman–Crippen MR) is 88.0 cm³/mol. The molecule has 1 aliphatic heterocycles. The summed E-state index contributed by atoms with van der Waals surface area (Å²) in [6.45, 7) is -0.177. The van der Waals surface area contributed by atoms with Crippen molar-refractivity contribution in [2.24, 2.45) is 0 Å². The number of ether oxygens (including phenoxy) is 1. The summed E-state index contributed by atoms with van der Waals surface area (Å²) >= 11 is 0. The molecule has 0 saturated heterocycles. The van der Waals surface area contributed by atoms with E-state index in [9.17, 15) is 26.7 Å². The van der Waals surface area contributed by atoms with E-state index in [1.807, 2.05) is 0 Å². The average Bonchev–Trinajstić information content (AvgIpc) is 3.06. The van der Waals surface area contributed by atoms with Crippen LogP contribution in [0.4, 0.5) is 27.6 Å². The Hall–Kier alpha value is -3.43. The second-order valence-electron chi connectivity index (χ2n) is 5.97. The normalized spacial score (nSPS) is 13.7. The summed E-state index contributed by atoms with van der Waals surface area (Å²) < 4.78 is 72.9. The lowest BCUT2D eigenvalue weighted by Gasteiger charge is -2.18. The van der Waals surface area contributed by atoms with Crippen LogP contribution in [0.3, 0.4) is 0 Å². The molecule has 1 amide bonds. The minimum atomic E-state index is -4.78. The molecule has 3 aromatic rings. The van der Waals surface area contributed by atoms with Crippen LogP contribution in [-0.2, 0) is 11.0 Å². The zero-order valence-electron chi connectivity index (χ0n) is 13.8. The van der Waals surface area contributed by atoms with Gasteiger partial charge in [0.1, 0.15) is 17.3 Å². The van der Waals surface area contributed by atoms with Crippen LogP contribution in [0.25, 0.3) is 16.9 Å². The van der Waals surface area contributed by atoms with Crippen molar-refractivity contribution in [1.82, 2.24) is 9.78 Å². The molecule has 4 rings (SSSR count). The first kappa shape index (κ1) is 18.0. The van der Waals surface area contributed by atoms with Crippen LogP contribution >= 0.6 is 0 Å². The first-order valence-electron chi connectivity index (χ1n) is 7.92. The summed E-state index contributed by atoms with van der Waals surface area (Å²) in [5.74, 6) is -2.02. The van der Waals surface area contributed by atoms with Gasteiger partial charge in [-0.05, 0) is 36.4 Å². The van der Waals surface area contributed by atoms with E-state index in [2.05, 4.69) is 10.4 Å². The second kappa shape index (κ2) is 6.32. The Balaban J connectivity index is 1.90. The maximum Gasteiger partial charge on any atom is 0.435 e. The Bertz CT molecular complexity index is 1090. The third-order valence-corrected chi connectivity index (χ3v) is 4.05. The van der Waals surface area contributed by atoms with Gasteiger partial charge in [0.2, 0.25) is 0 Å². The highest BCUT2D eigenvalue weighted by Crippen LogP contribution is 2.37. The van der Waals surface area contributed by atoms with Crippen molar-refractivity contribution < 1.29 is 31.5 Å². The molecule has 1 N–H and O–H groups in total. The van der Waals surface area contributed by atoms with E-state index in [1.165, 1.54) is 18.2 Å². The molecule has 2 heterocycles. The van der Waals surface area contributed by atoms with E-state index < -0.39 is 29.4 Å². The van der Waals surface area contributed by atoms with E-state index >= 15 is 0 Å². The van der Waals surface area contributed by atoms with Gasteiger partial charge in [0.15, 0.2) is 18.1 Å². The molecule has 0 fully saturated rings. The van der Waals surface area contributed by atoms with Crippen molar-refractivity contribution in [3.8, 4) is 22.7 Å². The van der Waals surface area contributed by atoms with Crippen LogP contribution in [0.2, 0.25) is 0 Å². The third kappa shape index (κ3) is 3.17. The number of alkyl halides is 3. The van der Waals surface area contributed by atoms with Crippen molar-refractivity contribution >= 4 is 11.6 Å². The number of rotatable bonds is 2. The highest BCUT2D eigenvalue weighted by molar-refractivity contribution is 5.96. The molecule has 0 unspecified atom stereocenters. The summed E-state index contributed by atoms with van der Waals surface area (Å²) in [6, 6.07) is 7.51. The summed E-state index contributed by atoms with van der Waals surface area (Å²) in [5, 5.41) is 6.00. The maximum absolute atomic E-state index is 14.2. The fraction of sp³-hybridized carbons (Fsp3) is 0.111. The number of anilines is 1. The predicted octanol–water partition coefficient (Wildman–Crippen LogP) is 4.17. The molecule has 2 aromatic carbocycles.